The molecule has 0 atom stereocenters. The molecule has 0 bridgehead atoms. The summed E-state index contributed by atoms with van der Waals surface area (Å²) in [6.07, 6.45) is 0. The van der Waals surface area contributed by atoms with Gasteiger partial charge in [-0.1, -0.05) is 6.07 Å². The van der Waals surface area contributed by atoms with Crippen LogP contribution in [-0.4, -0.2) is 30.7 Å². The Kier molecular flexibility index (Phi) is 4.82. The van der Waals surface area contributed by atoms with Crippen LogP contribution in [0.15, 0.2) is 59.5 Å². The minimum Gasteiger partial charge on any atom is -0.497 e. The Morgan fingerprint density at radius 3 is 2.48 bits per heavy atom. The van der Waals surface area contributed by atoms with E-state index in [1.807, 2.05) is 0 Å². The van der Waals surface area contributed by atoms with Crippen molar-refractivity contribution < 1.29 is 27.1 Å². The van der Waals surface area contributed by atoms with E-state index in [1.165, 1.54) is 31.4 Å². The van der Waals surface area contributed by atoms with Gasteiger partial charge in [0.1, 0.15) is 17.4 Å². The van der Waals surface area contributed by atoms with Crippen molar-refractivity contribution >= 4 is 21.8 Å². The van der Waals surface area contributed by atoms with E-state index in [0.717, 1.165) is 18.2 Å². The number of aromatic nitrogens is 2. The van der Waals surface area contributed by atoms with E-state index in [-0.39, 0.29) is 22.2 Å². The lowest BCUT2D eigenvalue weighted by Gasteiger charge is -2.06. The molecule has 3 aromatic rings. The molecule has 27 heavy (non-hydrogen) atoms. The standard InChI is InChI=1S/C17H14FN3O5S/c1-25-13-7-5-11(6-8-13)17(22)26-16-10-15(19)21(20-16)27(23,24)14-4-2-3-12(18)9-14/h2-10H,19H2,1H3. The van der Waals surface area contributed by atoms with E-state index in [2.05, 4.69) is 5.10 Å². The summed E-state index contributed by atoms with van der Waals surface area (Å²) in [6, 6.07) is 11.5. The molecule has 2 aromatic carbocycles. The number of ether oxygens (including phenoxy) is 2. The zero-order valence-electron chi connectivity index (χ0n) is 14.0. The first-order valence-electron chi connectivity index (χ1n) is 7.54. The second kappa shape index (κ2) is 7.08. The normalized spacial score (nSPS) is 11.2. The third-order valence-electron chi connectivity index (χ3n) is 3.53. The summed E-state index contributed by atoms with van der Waals surface area (Å²) in [5.41, 5.74) is 5.88. The third kappa shape index (κ3) is 3.75. The second-order valence-electron chi connectivity index (χ2n) is 5.33. The first-order valence-corrected chi connectivity index (χ1v) is 8.98. The highest BCUT2D eigenvalue weighted by Crippen LogP contribution is 2.22. The number of nitrogen functional groups attached to an aromatic ring is 1. The quantitative estimate of drug-likeness (QED) is 0.662. The molecule has 0 saturated heterocycles. The van der Waals surface area contributed by atoms with Gasteiger partial charge in [-0.25, -0.2) is 9.18 Å². The fourth-order valence-corrected chi connectivity index (χ4v) is 3.44. The van der Waals surface area contributed by atoms with Gasteiger partial charge in [-0.2, -0.15) is 8.42 Å². The summed E-state index contributed by atoms with van der Waals surface area (Å²) in [4.78, 5) is 11.8. The van der Waals surface area contributed by atoms with Crippen molar-refractivity contribution in [2.45, 2.75) is 4.90 Å². The summed E-state index contributed by atoms with van der Waals surface area (Å²) in [6.45, 7) is 0. The van der Waals surface area contributed by atoms with Gasteiger partial charge in [-0.3, -0.25) is 0 Å². The zero-order chi connectivity index (χ0) is 19.6. The Bertz CT molecular complexity index is 1090. The Balaban J connectivity index is 1.86. The van der Waals surface area contributed by atoms with Gasteiger partial charge in [0.05, 0.1) is 17.6 Å². The van der Waals surface area contributed by atoms with Crippen molar-refractivity contribution in [2.75, 3.05) is 12.8 Å². The molecule has 140 valence electrons. The molecule has 0 fully saturated rings. The largest absolute Gasteiger partial charge is 0.497 e. The maximum atomic E-state index is 13.3. The summed E-state index contributed by atoms with van der Waals surface area (Å²) in [5.74, 6) is -1.54. The van der Waals surface area contributed by atoms with Crippen LogP contribution in [0.4, 0.5) is 10.2 Å². The van der Waals surface area contributed by atoms with Gasteiger partial charge in [0.15, 0.2) is 0 Å². The third-order valence-corrected chi connectivity index (χ3v) is 5.12. The van der Waals surface area contributed by atoms with Crippen LogP contribution < -0.4 is 15.2 Å². The van der Waals surface area contributed by atoms with Crippen LogP contribution >= 0.6 is 0 Å². The van der Waals surface area contributed by atoms with Crippen LogP contribution in [0.5, 0.6) is 11.6 Å². The summed E-state index contributed by atoms with van der Waals surface area (Å²) >= 11 is 0. The first-order chi connectivity index (χ1) is 12.8. The van der Waals surface area contributed by atoms with E-state index in [9.17, 15) is 17.6 Å². The first kappa shape index (κ1) is 18.4. The van der Waals surface area contributed by atoms with E-state index in [1.54, 1.807) is 12.1 Å². The number of hydrogen-bond donors (Lipinski definition) is 1. The lowest BCUT2D eigenvalue weighted by Crippen LogP contribution is -2.17. The Morgan fingerprint density at radius 1 is 1.15 bits per heavy atom. The fourth-order valence-electron chi connectivity index (χ4n) is 2.21. The molecule has 10 heteroatoms. The van der Waals surface area contributed by atoms with Crippen LogP contribution in [0, 0.1) is 5.82 Å². The van der Waals surface area contributed by atoms with Crippen LogP contribution in [0.3, 0.4) is 0 Å². The minimum absolute atomic E-state index is 0.205. The number of nitrogens with zero attached hydrogens (tertiary/aromatic N) is 2. The van der Waals surface area contributed by atoms with Gasteiger partial charge in [0.2, 0.25) is 5.88 Å². The van der Waals surface area contributed by atoms with Crippen LogP contribution in [0.2, 0.25) is 0 Å². The molecule has 0 aliphatic heterocycles. The predicted octanol–water partition coefficient (Wildman–Crippen LogP) is 2.07. The van der Waals surface area contributed by atoms with Crippen molar-refractivity contribution in [3.63, 3.8) is 0 Å². The smallest absolute Gasteiger partial charge is 0.344 e. The van der Waals surface area contributed by atoms with E-state index >= 15 is 0 Å². The average Bonchev–Trinajstić information content (AvgIpc) is 3.02. The van der Waals surface area contributed by atoms with Crippen molar-refractivity contribution in [1.82, 2.24) is 9.19 Å². The van der Waals surface area contributed by atoms with E-state index in [0.29, 0.717) is 9.84 Å². The Morgan fingerprint density at radius 2 is 1.85 bits per heavy atom. The van der Waals surface area contributed by atoms with Crippen molar-refractivity contribution in [3.8, 4) is 11.6 Å². The van der Waals surface area contributed by atoms with Gasteiger partial charge in [0.25, 0.3) is 10.0 Å². The van der Waals surface area contributed by atoms with E-state index in [4.69, 9.17) is 15.2 Å². The monoisotopic (exact) mass is 391 g/mol. The summed E-state index contributed by atoms with van der Waals surface area (Å²) in [7, 11) is -2.76. The molecular weight excluding hydrogens is 377 g/mol. The molecule has 2 N–H and O–H groups in total. The SMILES string of the molecule is COc1ccc(C(=O)Oc2cc(N)n(S(=O)(=O)c3cccc(F)c3)n2)cc1. The van der Waals surface area contributed by atoms with Crippen LogP contribution in [0.1, 0.15) is 10.4 Å². The Labute approximate surface area is 154 Å². The molecule has 8 nitrogen and oxygen atoms in total. The lowest BCUT2D eigenvalue weighted by atomic mass is 10.2. The molecule has 0 spiro atoms. The van der Waals surface area contributed by atoms with Gasteiger partial charge in [0, 0.05) is 6.07 Å². The fraction of sp³-hybridized carbons (Fsp3) is 0.0588. The number of anilines is 1. The number of carbonyl (C=O) groups is 1. The number of benzene rings is 2. The van der Waals surface area contributed by atoms with Crippen molar-refractivity contribution in [2.24, 2.45) is 0 Å². The van der Waals surface area contributed by atoms with Crippen LogP contribution in [0.25, 0.3) is 0 Å². The topological polar surface area (TPSA) is 114 Å². The number of nitrogens with two attached hydrogens (primary N) is 1. The molecule has 0 aliphatic rings. The molecule has 3 rings (SSSR count). The second-order valence-corrected chi connectivity index (χ2v) is 7.10. The number of hydrogen-bond acceptors (Lipinski definition) is 7. The highest BCUT2D eigenvalue weighted by Gasteiger charge is 2.23. The Hall–Kier alpha value is -3.40. The minimum atomic E-state index is -4.25. The summed E-state index contributed by atoms with van der Waals surface area (Å²) in [5, 5.41) is 3.70. The molecule has 1 heterocycles. The van der Waals surface area contributed by atoms with Crippen molar-refractivity contribution in [1.29, 1.82) is 0 Å². The maximum absolute atomic E-state index is 13.3. The van der Waals surface area contributed by atoms with Crippen molar-refractivity contribution in [3.05, 3.63) is 66.0 Å². The van der Waals surface area contributed by atoms with Gasteiger partial charge in [-0.05, 0) is 42.5 Å². The molecule has 0 amide bonds. The zero-order valence-corrected chi connectivity index (χ0v) is 14.8. The number of halogens is 1. The average molecular weight is 391 g/mol. The van der Waals surface area contributed by atoms with Gasteiger partial charge in [-0.15, -0.1) is 9.19 Å². The molecule has 0 saturated carbocycles. The number of carbonyl (C=O) groups excluding carboxylic acids is 1. The molecule has 1 aromatic heterocycles. The van der Waals surface area contributed by atoms with Gasteiger partial charge < -0.3 is 15.2 Å². The lowest BCUT2D eigenvalue weighted by molar-refractivity contribution is 0.0727. The molecule has 0 radical (unpaired) electrons. The number of esters is 1. The molecular formula is C17H14FN3O5S. The highest BCUT2D eigenvalue weighted by atomic mass is 32.2. The van der Waals surface area contributed by atoms with Crippen LogP contribution in [-0.2, 0) is 10.0 Å². The van der Waals surface area contributed by atoms with E-state index < -0.39 is 21.8 Å². The molecule has 0 unspecified atom stereocenters. The summed E-state index contributed by atoms with van der Waals surface area (Å²) < 4.78 is 48.9. The number of rotatable bonds is 5. The molecule has 0 aliphatic carbocycles. The predicted molar refractivity (Wildman–Crippen MR) is 93.6 cm³/mol. The maximum Gasteiger partial charge on any atom is 0.344 e. The highest BCUT2D eigenvalue weighted by molar-refractivity contribution is 7.90. The number of methoxy groups -OCH3 is 1. The van der Waals surface area contributed by atoms with Gasteiger partial charge >= 0.3 is 5.97 Å².